The second-order valence-corrected chi connectivity index (χ2v) is 5.42. The summed E-state index contributed by atoms with van der Waals surface area (Å²) in [6.45, 7) is 8.39. The molecule has 0 radical (unpaired) electrons. The molecule has 0 aliphatic rings. The Kier molecular flexibility index (Phi) is 5.83. The molecule has 0 aliphatic heterocycles. The lowest BCUT2D eigenvalue weighted by Crippen LogP contribution is -2.35. The zero-order valence-corrected chi connectivity index (χ0v) is 12.2. The van der Waals surface area contributed by atoms with Crippen molar-refractivity contribution in [1.29, 1.82) is 0 Å². The van der Waals surface area contributed by atoms with Crippen LogP contribution >= 0.6 is 0 Å². The monoisotopic (exact) mass is 264 g/mol. The van der Waals surface area contributed by atoms with Gasteiger partial charge in [0, 0.05) is 12.2 Å². The molecule has 1 unspecified atom stereocenters. The molecule has 4 heteroatoms. The SMILES string of the molecule is Cc1ccc(NC(=O)NCC(O)CC(C)C)cc1C. The van der Waals surface area contributed by atoms with Crippen LogP contribution in [0.15, 0.2) is 18.2 Å². The highest BCUT2D eigenvalue weighted by Crippen LogP contribution is 2.13. The van der Waals surface area contributed by atoms with Gasteiger partial charge >= 0.3 is 6.03 Å². The molecule has 1 aromatic rings. The number of carbonyl (C=O) groups excluding carboxylic acids is 1. The third-order valence-electron chi connectivity index (χ3n) is 3.01. The molecule has 106 valence electrons. The van der Waals surface area contributed by atoms with E-state index >= 15 is 0 Å². The van der Waals surface area contributed by atoms with Gasteiger partial charge in [0.05, 0.1) is 6.10 Å². The van der Waals surface area contributed by atoms with Crippen LogP contribution in [0.25, 0.3) is 0 Å². The van der Waals surface area contributed by atoms with Gasteiger partial charge in [-0.25, -0.2) is 4.79 Å². The van der Waals surface area contributed by atoms with Crippen molar-refractivity contribution in [2.45, 2.75) is 40.2 Å². The van der Waals surface area contributed by atoms with Crippen LogP contribution < -0.4 is 10.6 Å². The molecule has 0 saturated carbocycles. The Morgan fingerprint density at radius 3 is 2.53 bits per heavy atom. The fraction of sp³-hybridized carbons (Fsp3) is 0.533. The van der Waals surface area contributed by atoms with E-state index in [4.69, 9.17) is 0 Å². The van der Waals surface area contributed by atoms with Crippen molar-refractivity contribution in [3.63, 3.8) is 0 Å². The molecule has 0 aromatic heterocycles. The van der Waals surface area contributed by atoms with Crippen molar-refractivity contribution in [3.8, 4) is 0 Å². The number of hydrogen-bond donors (Lipinski definition) is 3. The number of carbonyl (C=O) groups is 1. The number of anilines is 1. The minimum Gasteiger partial charge on any atom is -0.391 e. The maximum Gasteiger partial charge on any atom is 0.319 e. The normalized spacial score (nSPS) is 12.3. The van der Waals surface area contributed by atoms with Crippen LogP contribution in [0.2, 0.25) is 0 Å². The van der Waals surface area contributed by atoms with Crippen LogP contribution in [0, 0.1) is 19.8 Å². The van der Waals surface area contributed by atoms with Crippen LogP contribution in [0.4, 0.5) is 10.5 Å². The Morgan fingerprint density at radius 1 is 1.26 bits per heavy atom. The van der Waals surface area contributed by atoms with E-state index in [0.29, 0.717) is 12.3 Å². The maximum absolute atomic E-state index is 11.7. The number of aliphatic hydroxyl groups excluding tert-OH is 1. The third-order valence-corrected chi connectivity index (χ3v) is 3.01. The van der Waals surface area contributed by atoms with Crippen LogP contribution in [0.5, 0.6) is 0 Å². The lowest BCUT2D eigenvalue weighted by atomic mass is 10.1. The molecule has 4 nitrogen and oxygen atoms in total. The van der Waals surface area contributed by atoms with E-state index in [1.54, 1.807) is 0 Å². The van der Waals surface area contributed by atoms with Gasteiger partial charge < -0.3 is 15.7 Å². The van der Waals surface area contributed by atoms with Gasteiger partial charge in [-0.2, -0.15) is 0 Å². The van der Waals surface area contributed by atoms with Crippen molar-refractivity contribution < 1.29 is 9.90 Å². The smallest absolute Gasteiger partial charge is 0.319 e. The lowest BCUT2D eigenvalue weighted by Gasteiger charge is -2.14. The molecule has 0 aliphatic carbocycles. The van der Waals surface area contributed by atoms with Gasteiger partial charge in [0.2, 0.25) is 0 Å². The minimum atomic E-state index is -0.495. The molecule has 0 heterocycles. The number of rotatable bonds is 5. The summed E-state index contributed by atoms with van der Waals surface area (Å²) in [5.41, 5.74) is 3.09. The molecule has 0 fully saturated rings. The van der Waals surface area contributed by atoms with E-state index in [9.17, 15) is 9.90 Å². The van der Waals surface area contributed by atoms with Crippen molar-refractivity contribution in [2.24, 2.45) is 5.92 Å². The number of aliphatic hydroxyl groups is 1. The van der Waals surface area contributed by atoms with Crippen LogP contribution in [0.3, 0.4) is 0 Å². The summed E-state index contributed by atoms with van der Waals surface area (Å²) >= 11 is 0. The van der Waals surface area contributed by atoms with Gasteiger partial charge in [0.25, 0.3) is 0 Å². The molecule has 0 saturated heterocycles. The average Bonchev–Trinajstić information content (AvgIpc) is 2.30. The quantitative estimate of drug-likeness (QED) is 0.766. The number of urea groups is 1. The first-order valence-corrected chi connectivity index (χ1v) is 6.68. The standard InChI is InChI=1S/C15H24N2O2/c1-10(2)7-14(18)9-16-15(19)17-13-6-5-11(3)12(4)8-13/h5-6,8,10,14,18H,7,9H2,1-4H3,(H2,16,17,19). The first-order valence-electron chi connectivity index (χ1n) is 6.68. The van der Waals surface area contributed by atoms with E-state index < -0.39 is 6.10 Å². The number of nitrogens with one attached hydrogen (secondary N) is 2. The Morgan fingerprint density at radius 2 is 1.95 bits per heavy atom. The third kappa shape index (κ3) is 5.75. The molecule has 19 heavy (non-hydrogen) atoms. The van der Waals surface area contributed by atoms with Crippen LogP contribution in [-0.4, -0.2) is 23.8 Å². The van der Waals surface area contributed by atoms with Crippen LogP contribution in [0.1, 0.15) is 31.4 Å². The van der Waals surface area contributed by atoms with E-state index in [0.717, 1.165) is 11.3 Å². The number of aryl methyl sites for hydroxylation is 2. The number of benzene rings is 1. The van der Waals surface area contributed by atoms with Gasteiger partial charge in [-0.05, 0) is 49.4 Å². The Hall–Kier alpha value is -1.55. The zero-order valence-electron chi connectivity index (χ0n) is 12.2. The second kappa shape index (κ2) is 7.14. The van der Waals surface area contributed by atoms with Crippen molar-refractivity contribution in [2.75, 3.05) is 11.9 Å². The minimum absolute atomic E-state index is 0.273. The summed E-state index contributed by atoms with van der Waals surface area (Å²) in [6.07, 6.45) is 0.190. The maximum atomic E-state index is 11.7. The predicted octanol–water partition coefficient (Wildman–Crippen LogP) is 2.83. The Bertz CT molecular complexity index is 430. The lowest BCUT2D eigenvalue weighted by molar-refractivity contribution is 0.148. The molecule has 1 atom stereocenters. The first-order chi connectivity index (χ1) is 8.88. The first kappa shape index (κ1) is 15.5. The Balaban J connectivity index is 2.40. The second-order valence-electron chi connectivity index (χ2n) is 5.42. The van der Waals surface area contributed by atoms with Crippen molar-refractivity contribution in [3.05, 3.63) is 29.3 Å². The average molecular weight is 264 g/mol. The molecular formula is C15H24N2O2. The molecule has 2 amide bonds. The molecule has 0 bridgehead atoms. The predicted molar refractivity (Wildman–Crippen MR) is 78.4 cm³/mol. The molecule has 0 spiro atoms. The summed E-state index contributed by atoms with van der Waals surface area (Å²) in [6, 6.07) is 5.48. The van der Waals surface area contributed by atoms with Crippen molar-refractivity contribution >= 4 is 11.7 Å². The van der Waals surface area contributed by atoms with Crippen LogP contribution in [-0.2, 0) is 0 Å². The van der Waals surface area contributed by atoms with E-state index in [-0.39, 0.29) is 12.6 Å². The van der Waals surface area contributed by atoms with Crippen molar-refractivity contribution in [1.82, 2.24) is 5.32 Å². The summed E-state index contributed by atoms with van der Waals surface area (Å²) in [5.74, 6) is 0.416. The molecule has 1 aromatic carbocycles. The molecule has 1 rings (SSSR count). The van der Waals surface area contributed by atoms with Gasteiger partial charge in [-0.1, -0.05) is 19.9 Å². The molecule has 3 N–H and O–H groups in total. The number of amides is 2. The van der Waals surface area contributed by atoms with E-state index in [1.165, 1.54) is 5.56 Å². The Labute approximate surface area is 115 Å². The summed E-state index contributed by atoms with van der Waals surface area (Å²) in [5, 5.41) is 15.1. The van der Waals surface area contributed by atoms with Gasteiger partial charge in [0.1, 0.15) is 0 Å². The van der Waals surface area contributed by atoms with Gasteiger partial charge in [-0.3, -0.25) is 0 Å². The zero-order chi connectivity index (χ0) is 14.4. The highest BCUT2D eigenvalue weighted by Gasteiger charge is 2.09. The summed E-state index contributed by atoms with van der Waals surface area (Å²) in [7, 11) is 0. The topological polar surface area (TPSA) is 61.4 Å². The highest BCUT2D eigenvalue weighted by molar-refractivity contribution is 5.89. The summed E-state index contributed by atoms with van der Waals surface area (Å²) < 4.78 is 0. The van der Waals surface area contributed by atoms with Gasteiger partial charge in [0.15, 0.2) is 0 Å². The highest BCUT2D eigenvalue weighted by atomic mass is 16.3. The fourth-order valence-electron chi connectivity index (χ4n) is 1.83. The molecular weight excluding hydrogens is 240 g/mol. The van der Waals surface area contributed by atoms with E-state index in [2.05, 4.69) is 10.6 Å². The largest absolute Gasteiger partial charge is 0.391 e. The van der Waals surface area contributed by atoms with Gasteiger partial charge in [-0.15, -0.1) is 0 Å². The summed E-state index contributed by atoms with van der Waals surface area (Å²) in [4.78, 5) is 11.7. The van der Waals surface area contributed by atoms with E-state index in [1.807, 2.05) is 45.9 Å². The fourth-order valence-corrected chi connectivity index (χ4v) is 1.83. The number of hydrogen-bond acceptors (Lipinski definition) is 2.